The Morgan fingerprint density at radius 1 is 1.08 bits per heavy atom. The van der Waals surface area contributed by atoms with E-state index in [9.17, 15) is 13.2 Å². The van der Waals surface area contributed by atoms with Crippen LogP contribution in [0.5, 0.6) is 0 Å². The third kappa shape index (κ3) is 6.01. The Balaban J connectivity index is 1.96. The summed E-state index contributed by atoms with van der Waals surface area (Å²) in [5.74, 6) is -0.254. The molecule has 0 aliphatic heterocycles. The van der Waals surface area contributed by atoms with Crippen molar-refractivity contribution in [1.29, 1.82) is 0 Å². The van der Waals surface area contributed by atoms with Gasteiger partial charge in [0.1, 0.15) is 0 Å². The monoisotopic (exact) mass is 396 g/mol. The second-order valence-electron chi connectivity index (χ2n) is 5.44. The van der Waals surface area contributed by atoms with Gasteiger partial charge >= 0.3 is 0 Å². The molecule has 2 aromatic rings. The lowest BCUT2D eigenvalue weighted by Crippen LogP contribution is -2.25. The minimum Gasteiger partial charge on any atom is -0.382 e. The van der Waals surface area contributed by atoms with E-state index in [2.05, 4.69) is 10.0 Å². The summed E-state index contributed by atoms with van der Waals surface area (Å²) in [5, 5.41) is 3.28. The third-order valence-electron chi connectivity index (χ3n) is 3.48. The summed E-state index contributed by atoms with van der Waals surface area (Å²) in [5.41, 5.74) is 0.803. The number of ether oxygens (including phenoxy) is 1. The number of carbonyl (C=O) groups is 1. The summed E-state index contributed by atoms with van der Waals surface area (Å²) in [6.07, 6.45) is 0.719. The lowest BCUT2D eigenvalue weighted by molar-refractivity contribution is 0.0944. The van der Waals surface area contributed by atoms with Gasteiger partial charge in [-0.25, -0.2) is 8.42 Å². The van der Waals surface area contributed by atoms with E-state index in [1.54, 1.807) is 24.3 Å². The van der Waals surface area contributed by atoms with Crippen LogP contribution >= 0.6 is 11.6 Å². The van der Waals surface area contributed by atoms with Crippen LogP contribution < -0.4 is 10.0 Å². The summed E-state index contributed by atoms with van der Waals surface area (Å²) in [4.78, 5) is 12.1. The van der Waals surface area contributed by atoms with Crippen LogP contribution in [0, 0.1) is 0 Å². The van der Waals surface area contributed by atoms with Crippen LogP contribution in [0.3, 0.4) is 0 Å². The first-order chi connectivity index (χ1) is 12.4. The first-order valence-corrected chi connectivity index (χ1v) is 10.0. The molecule has 0 aliphatic carbocycles. The number of carbonyl (C=O) groups excluding carboxylic acids is 1. The fraction of sp³-hybridized carbons (Fsp3) is 0.278. The maximum absolute atomic E-state index is 12.4. The van der Waals surface area contributed by atoms with Crippen molar-refractivity contribution in [3.05, 3.63) is 59.1 Å². The van der Waals surface area contributed by atoms with Gasteiger partial charge in [0.25, 0.3) is 15.9 Å². The van der Waals surface area contributed by atoms with Gasteiger partial charge in [0, 0.05) is 36.0 Å². The van der Waals surface area contributed by atoms with Crippen LogP contribution in [0.15, 0.2) is 53.4 Å². The Morgan fingerprint density at radius 3 is 2.35 bits per heavy atom. The highest BCUT2D eigenvalue weighted by Crippen LogP contribution is 2.18. The molecule has 0 spiro atoms. The van der Waals surface area contributed by atoms with E-state index in [1.807, 2.05) is 6.92 Å². The average Bonchev–Trinajstić information content (AvgIpc) is 2.63. The first kappa shape index (κ1) is 20.2. The number of hydrogen-bond donors (Lipinski definition) is 2. The zero-order chi connectivity index (χ0) is 19.0. The molecule has 140 valence electrons. The van der Waals surface area contributed by atoms with E-state index in [4.69, 9.17) is 16.3 Å². The number of amides is 1. The molecule has 0 saturated carbocycles. The molecule has 0 aliphatic rings. The second-order valence-corrected chi connectivity index (χ2v) is 7.56. The molecule has 0 atom stereocenters. The predicted octanol–water partition coefficient (Wildman–Crippen LogP) is 3.30. The van der Waals surface area contributed by atoms with Crippen molar-refractivity contribution in [2.24, 2.45) is 0 Å². The molecule has 0 saturated heterocycles. The van der Waals surface area contributed by atoms with Gasteiger partial charge in [0.05, 0.1) is 4.90 Å². The largest absolute Gasteiger partial charge is 0.382 e. The Labute approximate surface area is 158 Å². The number of anilines is 1. The highest BCUT2D eigenvalue weighted by Gasteiger charge is 2.15. The molecule has 1 amide bonds. The first-order valence-electron chi connectivity index (χ1n) is 8.17. The van der Waals surface area contributed by atoms with E-state index >= 15 is 0 Å². The van der Waals surface area contributed by atoms with Gasteiger partial charge in [0.2, 0.25) is 0 Å². The molecule has 0 radical (unpaired) electrons. The number of nitrogens with one attached hydrogen (secondary N) is 2. The zero-order valence-corrected chi connectivity index (χ0v) is 15.9. The van der Waals surface area contributed by atoms with Gasteiger partial charge in [-0.15, -0.1) is 0 Å². The Kier molecular flexibility index (Phi) is 7.44. The number of rotatable bonds is 9. The van der Waals surface area contributed by atoms with E-state index in [-0.39, 0.29) is 10.8 Å². The molecule has 0 bridgehead atoms. The summed E-state index contributed by atoms with van der Waals surface area (Å²) in [7, 11) is -3.74. The lowest BCUT2D eigenvalue weighted by Gasteiger charge is -2.09. The molecule has 6 nitrogen and oxygen atoms in total. The number of hydrogen-bond acceptors (Lipinski definition) is 4. The maximum atomic E-state index is 12.4. The standard InChI is InChI=1S/C18H21ClN2O4S/c1-2-25-13-3-12-20-18(22)14-4-10-17(11-5-14)26(23,24)21-16-8-6-15(19)7-9-16/h4-11,21H,2-3,12-13H2,1H3,(H,20,22). The molecule has 2 N–H and O–H groups in total. The zero-order valence-electron chi connectivity index (χ0n) is 14.4. The third-order valence-corrected chi connectivity index (χ3v) is 5.13. The van der Waals surface area contributed by atoms with E-state index < -0.39 is 10.0 Å². The molecule has 0 fully saturated rings. The molecule has 2 aromatic carbocycles. The van der Waals surface area contributed by atoms with Crippen LogP contribution in [0.4, 0.5) is 5.69 Å². The predicted molar refractivity (Wildman–Crippen MR) is 102 cm³/mol. The second kappa shape index (κ2) is 9.56. The van der Waals surface area contributed by atoms with Gasteiger partial charge in [-0.05, 0) is 61.9 Å². The van der Waals surface area contributed by atoms with Gasteiger partial charge in [-0.3, -0.25) is 9.52 Å². The minimum absolute atomic E-state index is 0.0698. The minimum atomic E-state index is -3.74. The molecule has 8 heteroatoms. The fourth-order valence-electron chi connectivity index (χ4n) is 2.14. The van der Waals surface area contributed by atoms with E-state index in [0.717, 1.165) is 6.42 Å². The smallest absolute Gasteiger partial charge is 0.261 e. The molecular formula is C18H21ClN2O4S. The van der Waals surface area contributed by atoms with Crippen LogP contribution in [0.1, 0.15) is 23.7 Å². The molecule has 0 heterocycles. The normalized spacial score (nSPS) is 11.2. The fourth-order valence-corrected chi connectivity index (χ4v) is 3.32. The number of sulfonamides is 1. The Hall–Kier alpha value is -2.09. The average molecular weight is 397 g/mol. The lowest BCUT2D eigenvalue weighted by atomic mass is 10.2. The Morgan fingerprint density at radius 2 is 1.73 bits per heavy atom. The van der Waals surface area contributed by atoms with Crippen molar-refractivity contribution in [1.82, 2.24) is 5.32 Å². The Bertz CT molecular complexity index is 821. The molecule has 0 unspecified atom stereocenters. The van der Waals surface area contributed by atoms with Gasteiger partial charge in [-0.1, -0.05) is 11.6 Å². The quantitative estimate of drug-likeness (QED) is 0.637. The summed E-state index contributed by atoms with van der Waals surface area (Å²) >= 11 is 5.79. The van der Waals surface area contributed by atoms with E-state index in [0.29, 0.717) is 36.0 Å². The number of benzene rings is 2. The van der Waals surface area contributed by atoms with Crippen molar-refractivity contribution in [2.75, 3.05) is 24.5 Å². The topological polar surface area (TPSA) is 84.5 Å². The summed E-state index contributed by atoms with van der Waals surface area (Å²) in [6, 6.07) is 12.1. The highest BCUT2D eigenvalue weighted by atomic mass is 35.5. The van der Waals surface area contributed by atoms with Crippen LogP contribution in [-0.2, 0) is 14.8 Å². The van der Waals surface area contributed by atoms with Crippen LogP contribution in [0.2, 0.25) is 5.02 Å². The molecule has 0 aromatic heterocycles. The van der Waals surface area contributed by atoms with Crippen LogP contribution in [-0.4, -0.2) is 34.1 Å². The molecule has 2 rings (SSSR count). The molecular weight excluding hydrogens is 376 g/mol. The van der Waals surface area contributed by atoms with E-state index in [1.165, 1.54) is 24.3 Å². The number of halogens is 1. The van der Waals surface area contributed by atoms with Gasteiger partial charge < -0.3 is 10.1 Å². The van der Waals surface area contributed by atoms with Crippen molar-refractivity contribution < 1.29 is 17.9 Å². The molecule has 26 heavy (non-hydrogen) atoms. The van der Waals surface area contributed by atoms with Crippen LogP contribution in [0.25, 0.3) is 0 Å². The maximum Gasteiger partial charge on any atom is 0.261 e. The van der Waals surface area contributed by atoms with Crippen molar-refractivity contribution in [2.45, 2.75) is 18.2 Å². The van der Waals surface area contributed by atoms with Crippen molar-refractivity contribution in [3.8, 4) is 0 Å². The van der Waals surface area contributed by atoms with Crippen molar-refractivity contribution in [3.63, 3.8) is 0 Å². The highest BCUT2D eigenvalue weighted by molar-refractivity contribution is 7.92. The summed E-state index contributed by atoms with van der Waals surface area (Å²) < 4.78 is 32.4. The SMILES string of the molecule is CCOCCCNC(=O)c1ccc(S(=O)(=O)Nc2ccc(Cl)cc2)cc1. The summed E-state index contributed by atoms with van der Waals surface area (Å²) in [6.45, 7) is 3.64. The van der Waals surface area contributed by atoms with Crippen molar-refractivity contribution >= 4 is 33.2 Å². The van der Waals surface area contributed by atoms with Gasteiger partial charge in [-0.2, -0.15) is 0 Å². The van der Waals surface area contributed by atoms with Gasteiger partial charge in [0.15, 0.2) is 0 Å².